The van der Waals surface area contributed by atoms with E-state index in [1.165, 1.54) is 19.3 Å². The van der Waals surface area contributed by atoms with Gasteiger partial charge in [0.05, 0.1) is 23.8 Å². The van der Waals surface area contributed by atoms with Gasteiger partial charge in [-0.25, -0.2) is 9.18 Å². The molecule has 0 aromatic heterocycles. The summed E-state index contributed by atoms with van der Waals surface area (Å²) in [6, 6.07) is 16.3. The van der Waals surface area contributed by atoms with E-state index in [0.29, 0.717) is 45.0 Å². The number of esters is 1. The number of halogens is 2. The molecule has 0 heterocycles. The summed E-state index contributed by atoms with van der Waals surface area (Å²) in [5, 5.41) is 2.73. The molecular formula is C26H23BrFNO5. The third-order valence-electron chi connectivity index (χ3n) is 4.67. The summed E-state index contributed by atoms with van der Waals surface area (Å²) in [7, 11) is 1.50. The topological polar surface area (TPSA) is 73.9 Å². The summed E-state index contributed by atoms with van der Waals surface area (Å²) in [6.07, 6.45) is 3.00. The van der Waals surface area contributed by atoms with Gasteiger partial charge in [0.15, 0.2) is 11.5 Å². The lowest BCUT2D eigenvalue weighted by Gasteiger charge is -2.14. The van der Waals surface area contributed by atoms with Gasteiger partial charge in [-0.05, 0) is 77.0 Å². The summed E-state index contributed by atoms with van der Waals surface area (Å²) < 4.78 is 30.6. The monoisotopic (exact) mass is 527 g/mol. The molecule has 8 heteroatoms. The van der Waals surface area contributed by atoms with Crippen molar-refractivity contribution in [3.63, 3.8) is 0 Å². The highest BCUT2D eigenvalue weighted by Gasteiger charge is 2.13. The Hall–Kier alpha value is -3.65. The summed E-state index contributed by atoms with van der Waals surface area (Å²) in [6.45, 7) is 2.06. The van der Waals surface area contributed by atoms with Crippen LogP contribution >= 0.6 is 15.9 Å². The predicted octanol–water partition coefficient (Wildman–Crippen LogP) is 6.00. The molecule has 1 N–H and O–H groups in total. The Balaban J connectivity index is 1.66. The molecule has 3 rings (SSSR count). The molecule has 0 radical (unpaired) electrons. The average Bonchev–Trinajstić information content (AvgIpc) is 2.83. The van der Waals surface area contributed by atoms with E-state index in [2.05, 4.69) is 21.2 Å². The van der Waals surface area contributed by atoms with Crippen LogP contribution in [0.4, 0.5) is 10.1 Å². The summed E-state index contributed by atoms with van der Waals surface area (Å²) in [4.78, 5) is 24.0. The molecule has 0 aliphatic heterocycles. The fraction of sp³-hybridized carbons (Fsp3) is 0.154. The van der Waals surface area contributed by atoms with E-state index in [-0.39, 0.29) is 18.3 Å². The quantitative estimate of drug-likeness (QED) is 0.272. The number of carbonyl (C=O) groups is 2. The number of hydrogen-bond acceptors (Lipinski definition) is 5. The van der Waals surface area contributed by atoms with E-state index in [1.807, 2.05) is 0 Å². The van der Waals surface area contributed by atoms with Crippen LogP contribution in [0.25, 0.3) is 6.08 Å². The molecule has 3 aromatic carbocycles. The zero-order chi connectivity index (χ0) is 24.5. The molecule has 0 spiro atoms. The van der Waals surface area contributed by atoms with Gasteiger partial charge in [-0.3, -0.25) is 4.79 Å². The van der Waals surface area contributed by atoms with E-state index in [0.717, 1.165) is 0 Å². The lowest BCUT2D eigenvalue weighted by molar-refractivity contribution is -0.111. The van der Waals surface area contributed by atoms with Crippen molar-refractivity contribution in [1.82, 2.24) is 0 Å². The third-order valence-corrected chi connectivity index (χ3v) is 5.26. The predicted molar refractivity (Wildman–Crippen MR) is 131 cm³/mol. The molecule has 0 saturated heterocycles. The molecular weight excluding hydrogens is 505 g/mol. The minimum atomic E-state index is -0.416. The van der Waals surface area contributed by atoms with Crippen molar-refractivity contribution in [1.29, 1.82) is 0 Å². The number of carbonyl (C=O) groups excluding carboxylic acids is 2. The zero-order valence-electron chi connectivity index (χ0n) is 18.6. The van der Waals surface area contributed by atoms with Crippen LogP contribution in [0.2, 0.25) is 0 Å². The van der Waals surface area contributed by atoms with E-state index < -0.39 is 5.97 Å². The van der Waals surface area contributed by atoms with Crippen LogP contribution in [0.15, 0.2) is 71.2 Å². The van der Waals surface area contributed by atoms with Crippen molar-refractivity contribution in [2.75, 3.05) is 19.0 Å². The molecule has 0 aliphatic carbocycles. The van der Waals surface area contributed by atoms with Crippen molar-refractivity contribution in [3.8, 4) is 11.5 Å². The van der Waals surface area contributed by atoms with E-state index in [1.54, 1.807) is 67.6 Å². The second-order valence-corrected chi connectivity index (χ2v) is 7.89. The van der Waals surface area contributed by atoms with Crippen molar-refractivity contribution in [2.24, 2.45) is 0 Å². The number of anilines is 1. The molecule has 1 amide bonds. The van der Waals surface area contributed by atoms with Gasteiger partial charge in [-0.15, -0.1) is 0 Å². The normalized spacial score (nSPS) is 10.7. The lowest BCUT2D eigenvalue weighted by Crippen LogP contribution is -2.09. The van der Waals surface area contributed by atoms with Crippen molar-refractivity contribution in [2.45, 2.75) is 13.5 Å². The van der Waals surface area contributed by atoms with E-state index in [4.69, 9.17) is 14.2 Å². The highest BCUT2D eigenvalue weighted by molar-refractivity contribution is 9.10. The van der Waals surface area contributed by atoms with Gasteiger partial charge in [-0.2, -0.15) is 0 Å². The molecule has 0 atom stereocenters. The first-order valence-electron chi connectivity index (χ1n) is 10.4. The first-order valence-corrected chi connectivity index (χ1v) is 11.2. The SMILES string of the molecule is CCOC(=O)c1ccc(NC(=O)/C=C/c2cc(Br)c(OCc3ccccc3F)c(OC)c2)cc1. The van der Waals surface area contributed by atoms with Gasteiger partial charge in [0.1, 0.15) is 12.4 Å². The van der Waals surface area contributed by atoms with Crippen molar-refractivity contribution < 1.29 is 28.2 Å². The molecule has 0 bridgehead atoms. The van der Waals surface area contributed by atoms with Crippen LogP contribution in [0.1, 0.15) is 28.4 Å². The second kappa shape index (κ2) is 12.0. The second-order valence-electron chi connectivity index (χ2n) is 7.03. The molecule has 0 saturated carbocycles. The lowest BCUT2D eigenvalue weighted by atomic mass is 10.1. The number of methoxy groups -OCH3 is 1. The standard InChI is InChI=1S/C26H23BrFNO5/c1-3-33-26(31)18-9-11-20(12-10-18)29-24(30)13-8-17-14-21(27)25(23(15-17)32-2)34-16-19-6-4-5-7-22(19)28/h4-15H,3,16H2,1-2H3,(H,29,30)/b13-8+. The number of amides is 1. The average molecular weight is 528 g/mol. The van der Waals surface area contributed by atoms with Gasteiger partial charge in [0.25, 0.3) is 0 Å². The van der Waals surface area contributed by atoms with Gasteiger partial charge in [0, 0.05) is 17.3 Å². The van der Waals surface area contributed by atoms with Crippen LogP contribution in [0, 0.1) is 5.82 Å². The van der Waals surface area contributed by atoms with E-state index in [9.17, 15) is 14.0 Å². The number of rotatable bonds is 9. The molecule has 3 aromatic rings. The first-order chi connectivity index (χ1) is 16.4. The largest absolute Gasteiger partial charge is 0.493 e. The van der Waals surface area contributed by atoms with E-state index >= 15 is 0 Å². The molecule has 6 nitrogen and oxygen atoms in total. The maximum absolute atomic E-state index is 13.9. The number of ether oxygens (including phenoxy) is 3. The fourth-order valence-electron chi connectivity index (χ4n) is 3.00. The maximum Gasteiger partial charge on any atom is 0.338 e. The zero-order valence-corrected chi connectivity index (χ0v) is 20.2. The van der Waals surface area contributed by atoms with Gasteiger partial charge in [-0.1, -0.05) is 18.2 Å². The summed E-state index contributed by atoms with van der Waals surface area (Å²) >= 11 is 3.45. The van der Waals surface area contributed by atoms with Crippen LogP contribution in [-0.2, 0) is 16.1 Å². The summed E-state index contributed by atoms with van der Waals surface area (Å²) in [5.41, 5.74) is 2.06. The Labute approximate surface area is 205 Å². The minimum absolute atomic E-state index is 0.0359. The van der Waals surface area contributed by atoms with Crippen LogP contribution in [0.3, 0.4) is 0 Å². The Kier molecular flexibility index (Phi) is 8.81. The molecule has 176 valence electrons. The minimum Gasteiger partial charge on any atom is -0.493 e. The Bertz CT molecular complexity index is 1190. The smallest absolute Gasteiger partial charge is 0.338 e. The summed E-state index contributed by atoms with van der Waals surface area (Å²) in [5.74, 6) is -0.256. The molecule has 0 unspecified atom stereocenters. The number of hydrogen-bond donors (Lipinski definition) is 1. The van der Waals surface area contributed by atoms with Crippen molar-refractivity contribution in [3.05, 3.63) is 93.7 Å². The Morgan fingerprint density at radius 1 is 1.09 bits per heavy atom. The highest BCUT2D eigenvalue weighted by Crippen LogP contribution is 2.37. The molecule has 34 heavy (non-hydrogen) atoms. The van der Waals surface area contributed by atoms with Gasteiger partial charge >= 0.3 is 5.97 Å². The van der Waals surface area contributed by atoms with Crippen molar-refractivity contribution >= 4 is 39.6 Å². The first kappa shape index (κ1) is 25.0. The highest BCUT2D eigenvalue weighted by atomic mass is 79.9. The Morgan fingerprint density at radius 3 is 2.50 bits per heavy atom. The molecule has 0 fully saturated rings. The van der Waals surface area contributed by atoms with Crippen LogP contribution in [0.5, 0.6) is 11.5 Å². The van der Waals surface area contributed by atoms with Crippen LogP contribution < -0.4 is 14.8 Å². The molecule has 0 aliphatic rings. The number of benzene rings is 3. The van der Waals surface area contributed by atoms with Gasteiger partial charge in [0.2, 0.25) is 5.91 Å². The van der Waals surface area contributed by atoms with Crippen LogP contribution in [-0.4, -0.2) is 25.6 Å². The fourth-order valence-corrected chi connectivity index (χ4v) is 3.58. The number of nitrogens with one attached hydrogen (secondary N) is 1. The van der Waals surface area contributed by atoms with Gasteiger partial charge < -0.3 is 19.5 Å². The third kappa shape index (κ3) is 6.68. The Morgan fingerprint density at radius 2 is 1.82 bits per heavy atom. The maximum atomic E-state index is 13.9.